The van der Waals surface area contributed by atoms with E-state index in [1.54, 1.807) is 50.2 Å². The number of hydroxylamine groups is 2. The molecule has 8 nitrogen and oxygen atoms in total. The van der Waals surface area contributed by atoms with Crippen molar-refractivity contribution in [2.45, 2.75) is 59.0 Å². The van der Waals surface area contributed by atoms with Crippen molar-refractivity contribution in [1.82, 2.24) is 5.06 Å². The number of sulfone groups is 2. The molecule has 3 fully saturated rings. The predicted octanol–water partition coefficient (Wildman–Crippen LogP) is 2.17. The Morgan fingerprint density at radius 3 is 2.12 bits per heavy atom. The zero-order chi connectivity index (χ0) is 22.8. The van der Waals surface area contributed by atoms with Crippen LogP contribution >= 0.6 is 0 Å². The lowest BCUT2D eigenvalue weighted by Gasteiger charge is -2.34. The van der Waals surface area contributed by atoms with E-state index >= 15 is 0 Å². The first-order chi connectivity index (χ1) is 15.0. The van der Waals surface area contributed by atoms with Crippen LogP contribution in [0, 0.1) is 0 Å². The summed E-state index contributed by atoms with van der Waals surface area (Å²) in [6.45, 7) is 3.76. The first-order valence-electron chi connectivity index (χ1n) is 10.4. The van der Waals surface area contributed by atoms with E-state index in [9.17, 15) is 16.8 Å². The van der Waals surface area contributed by atoms with Crippen molar-refractivity contribution >= 4 is 19.7 Å². The van der Waals surface area contributed by atoms with Crippen molar-refractivity contribution in [2.75, 3.05) is 12.3 Å². The van der Waals surface area contributed by atoms with Crippen LogP contribution in [0.3, 0.4) is 0 Å². The molecule has 2 aromatic rings. The molecule has 0 saturated carbocycles. The Kier molecular flexibility index (Phi) is 5.05. The fraction of sp³-hybridized carbons (Fsp3) is 0.455. The molecule has 3 aliphatic rings. The molecule has 3 heterocycles. The Morgan fingerprint density at radius 1 is 0.906 bits per heavy atom. The zero-order valence-corrected chi connectivity index (χ0v) is 19.4. The molecule has 4 atom stereocenters. The summed E-state index contributed by atoms with van der Waals surface area (Å²) in [5.41, 5.74) is -2.41. The van der Waals surface area contributed by atoms with Crippen LogP contribution < -0.4 is 0 Å². The van der Waals surface area contributed by atoms with E-state index in [0.29, 0.717) is 0 Å². The van der Waals surface area contributed by atoms with Gasteiger partial charge in [0, 0.05) is 6.42 Å². The summed E-state index contributed by atoms with van der Waals surface area (Å²) in [5.74, 6) is -1.24. The minimum Gasteiger partial charge on any atom is -0.343 e. The van der Waals surface area contributed by atoms with Gasteiger partial charge in [0.2, 0.25) is 9.84 Å². The maximum Gasteiger partial charge on any atom is 0.207 e. The van der Waals surface area contributed by atoms with Gasteiger partial charge in [-0.05, 0) is 38.1 Å². The molecule has 5 rings (SSSR count). The van der Waals surface area contributed by atoms with Crippen molar-refractivity contribution in [3.8, 4) is 0 Å². The zero-order valence-electron chi connectivity index (χ0n) is 17.7. The average Bonchev–Trinajstić information content (AvgIpc) is 3.34. The number of ether oxygens (including phenoxy) is 2. The first kappa shape index (κ1) is 22.0. The van der Waals surface area contributed by atoms with Crippen LogP contribution in [0.1, 0.15) is 20.3 Å². The Hall–Kier alpha value is -1.82. The van der Waals surface area contributed by atoms with Crippen molar-refractivity contribution < 1.29 is 31.1 Å². The van der Waals surface area contributed by atoms with Gasteiger partial charge in [0.25, 0.3) is 0 Å². The molecule has 3 aliphatic heterocycles. The Balaban J connectivity index is 1.54. The van der Waals surface area contributed by atoms with Crippen molar-refractivity contribution in [3.63, 3.8) is 0 Å². The van der Waals surface area contributed by atoms with Gasteiger partial charge in [0.1, 0.15) is 12.2 Å². The van der Waals surface area contributed by atoms with Crippen molar-refractivity contribution in [3.05, 3.63) is 60.7 Å². The third kappa shape index (κ3) is 3.49. The van der Waals surface area contributed by atoms with E-state index in [0.717, 1.165) is 0 Å². The van der Waals surface area contributed by atoms with Gasteiger partial charge < -0.3 is 9.47 Å². The predicted molar refractivity (Wildman–Crippen MR) is 115 cm³/mol. The second-order valence-electron chi connectivity index (χ2n) is 8.93. The van der Waals surface area contributed by atoms with Crippen LogP contribution in [0.4, 0.5) is 0 Å². The Labute approximate surface area is 187 Å². The second kappa shape index (κ2) is 7.34. The summed E-state index contributed by atoms with van der Waals surface area (Å²) in [7, 11) is -7.62. The second-order valence-corrected chi connectivity index (χ2v) is 13.0. The number of nitrogens with zero attached hydrogens (tertiary/aromatic N) is 1. The molecule has 3 saturated heterocycles. The fourth-order valence-corrected chi connectivity index (χ4v) is 8.31. The van der Waals surface area contributed by atoms with Crippen molar-refractivity contribution in [1.29, 1.82) is 0 Å². The number of fused-ring (bicyclic) bond motifs is 3. The molecule has 0 aromatic heterocycles. The summed E-state index contributed by atoms with van der Waals surface area (Å²) in [6.07, 6.45) is -1.11. The monoisotopic (exact) mass is 479 g/mol. The average molecular weight is 480 g/mol. The van der Waals surface area contributed by atoms with Gasteiger partial charge in [-0.3, -0.25) is 4.84 Å². The quantitative estimate of drug-likeness (QED) is 0.644. The highest BCUT2D eigenvalue weighted by atomic mass is 32.2. The number of hydrogen-bond acceptors (Lipinski definition) is 8. The van der Waals surface area contributed by atoms with Crippen LogP contribution in [0.25, 0.3) is 0 Å². The molecule has 32 heavy (non-hydrogen) atoms. The van der Waals surface area contributed by atoms with Crippen LogP contribution in [-0.4, -0.2) is 63.2 Å². The van der Waals surface area contributed by atoms with Gasteiger partial charge in [-0.1, -0.05) is 36.4 Å². The first-order valence-corrected chi connectivity index (χ1v) is 13.6. The lowest BCUT2D eigenvalue weighted by molar-refractivity contribution is -0.213. The molecule has 172 valence electrons. The van der Waals surface area contributed by atoms with E-state index in [4.69, 9.17) is 14.3 Å². The summed E-state index contributed by atoms with van der Waals surface area (Å²) in [6, 6.07) is 16.2. The topological polar surface area (TPSA) is 99.2 Å². The molecule has 0 spiro atoms. The molecule has 0 aliphatic carbocycles. The van der Waals surface area contributed by atoms with Crippen LogP contribution in [0.2, 0.25) is 0 Å². The molecule has 0 N–H and O–H groups in total. The number of benzene rings is 2. The molecular formula is C22H25NO7S2. The smallest absolute Gasteiger partial charge is 0.207 e. The third-order valence-electron chi connectivity index (χ3n) is 6.28. The molecule has 0 amide bonds. The van der Waals surface area contributed by atoms with E-state index in [1.807, 2.05) is 0 Å². The van der Waals surface area contributed by atoms with Gasteiger partial charge in [-0.2, -0.15) is 5.06 Å². The van der Waals surface area contributed by atoms with Gasteiger partial charge in [-0.25, -0.2) is 16.8 Å². The molecule has 2 aromatic carbocycles. The van der Waals surface area contributed by atoms with E-state index in [-0.39, 0.29) is 28.5 Å². The summed E-state index contributed by atoms with van der Waals surface area (Å²) >= 11 is 0. The Bertz CT molecular complexity index is 1220. The van der Waals surface area contributed by atoms with Crippen molar-refractivity contribution in [2.24, 2.45) is 0 Å². The lowest BCUT2D eigenvalue weighted by Crippen LogP contribution is -2.53. The van der Waals surface area contributed by atoms with Gasteiger partial charge in [-0.15, -0.1) is 0 Å². The van der Waals surface area contributed by atoms with Crippen LogP contribution in [0.15, 0.2) is 70.5 Å². The molecule has 0 unspecified atom stereocenters. The molecular weight excluding hydrogens is 454 g/mol. The van der Waals surface area contributed by atoms with Crippen LogP contribution in [-0.2, 0) is 34.0 Å². The number of rotatable bonds is 5. The van der Waals surface area contributed by atoms with Crippen LogP contribution in [0.5, 0.6) is 0 Å². The van der Waals surface area contributed by atoms with E-state index in [2.05, 4.69) is 0 Å². The van der Waals surface area contributed by atoms with Gasteiger partial charge in [0.15, 0.2) is 21.1 Å². The van der Waals surface area contributed by atoms with E-state index < -0.39 is 48.6 Å². The summed E-state index contributed by atoms with van der Waals surface area (Å²) < 4.78 is 65.4. The van der Waals surface area contributed by atoms with E-state index in [1.165, 1.54) is 29.3 Å². The van der Waals surface area contributed by atoms with Gasteiger partial charge in [0.05, 0.1) is 27.6 Å². The highest BCUT2D eigenvalue weighted by molar-refractivity contribution is 7.92. The minimum absolute atomic E-state index is 0.0447. The normalized spacial score (nSPS) is 32.0. The maximum atomic E-state index is 13.4. The third-order valence-corrected chi connectivity index (χ3v) is 10.0. The highest BCUT2D eigenvalue weighted by Crippen LogP contribution is 2.51. The number of hydrogen-bond donors (Lipinski definition) is 0. The highest BCUT2D eigenvalue weighted by Gasteiger charge is 2.68. The SMILES string of the molecule is CC1(C)O[C@@H]2[C@@H](CN3O[C@H](S(=O)(=O)c4ccccc4)C[C@]23CS(=O)(=O)c2ccccc2)O1. The maximum absolute atomic E-state index is 13.4. The summed E-state index contributed by atoms with van der Waals surface area (Å²) in [5, 5.41) is 1.48. The fourth-order valence-electron chi connectivity index (χ4n) is 4.93. The van der Waals surface area contributed by atoms with Gasteiger partial charge >= 0.3 is 0 Å². The molecule has 10 heteroatoms. The Morgan fingerprint density at radius 2 is 1.50 bits per heavy atom. The lowest BCUT2D eigenvalue weighted by atomic mass is 9.92. The molecule has 0 bridgehead atoms. The largest absolute Gasteiger partial charge is 0.343 e. The minimum atomic E-state index is -3.85. The molecule has 0 radical (unpaired) electrons. The summed E-state index contributed by atoms with van der Waals surface area (Å²) in [4.78, 5) is 6.22. The standard InChI is InChI=1S/C22H25NO7S2/c1-21(2)28-18-14-23-22(20(18)29-21,15-31(24,25)16-9-5-3-6-10-16)13-19(30-23)32(26,27)17-11-7-4-8-12-17/h3-12,18-20H,13-15H2,1-2H3/t18-,19-,20-,22+/m1/s1.